The van der Waals surface area contributed by atoms with E-state index < -0.39 is 0 Å². The molecule has 0 aliphatic rings. The molecule has 2 aromatic heterocycles. The minimum atomic E-state index is 0.328. The molecule has 0 amide bonds. The van der Waals surface area contributed by atoms with E-state index in [0.717, 1.165) is 28.3 Å². The van der Waals surface area contributed by atoms with Gasteiger partial charge < -0.3 is 15.6 Å². The Labute approximate surface area is 117 Å². The first-order chi connectivity index (χ1) is 8.99. The highest BCUT2D eigenvalue weighted by atomic mass is 32.1. The molecule has 0 bridgehead atoms. The third kappa shape index (κ3) is 2.90. The largest absolute Gasteiger partial charge is 0.389 e. The Bertz CT molecular complexity index is 602. The van der Waals surface area contributed by atoms with Gasteiger partial charge in [-0.3, -0.25) is 0 Å². The highest BCUT2D eigenvalue weighted by Gasteiger charge is 2.11. The molecule has 0 aliphatic heterocycles. The quantitative estimate of drug-likeness (QED) is 0.834. The second kappa shape index (κ2) is 5.36. The van der Waals surface area contributed by atoms with E-state index in [1.54, 1.807) is 0 Å². The van der Waals surface area contributed by atoms with Crippen LogP contribution in [-0.2, 0) is 6.54 Å². The number of aromatic nitrogens is 2. The number of nitrogens with one attached hydrogen (secondary N) is 1. The first-order valence-corrected chi connectivity index (χ1v) is 6.33. The molecule has 100 valence electrons. The van der Waals surface area contributed by atoms with E-state index in [4.69, 9.17) is 22.5 Å². The van der Waals surface area contributed by atoms with Crippen LogP contribution >= 0.6 is 12.2 Å². The summed E-state index contributed by atoms with van der Waals surface area (Å²) in [5.74, 6) is 1.49. The maximum atomic E-state index is 5.69. The normalized spacial score (nSPS) is 10.5. The molecule has 0 radical (unpaired) electrons. The van der Waals surface area contributed by atoms with Crippen LogP contribution in [0, 0.1) is 20.8 Å². The van der Waals surface area contributed by atoms with Gasteiger partial charge in [-0.1, -0.05) is 17.4 Å². The van der Waals surface area contributed by atoms with E-state index in [1.165, 1.54) is 0 Å². The molecule has 5 nitrogen and oxygen atoms in total. The average Bonchev–Trinajstić information content (AvgIpc) is 2.66. The molecule has 0 unspecified atom stereocenters. The van der Waals surface area contributed by atoms with Gasteiger partial charge in [0.1, 0.15) is 16.6 Å². The molecule has 2 aromatic rings. The van der Waals surface area contributed by atoms with Crippen molar-refractivity contribution < 1.29 is 4.52 Å². The summed E-state index contributed by atoms with van der Waals surface area (Å²) in [5, 5.41) is 7.16. The number of nitrogens with two attached hydrogens (primary N) is 1. The summed E-state index contributed by atoms with van der Waals surface area (Å²) in [4.78, 5) is 4.75. The van der Waals surface area contributed by atoms with Gasteiger partial charge in [0.05, 0.1) is 11.3 Å². The Morgan fingerprint density at radius 1 is 1.37 bits per heavy atom. The number of nitrogens with zero attached hydrogens (tertiary/aromatic N) is 2. The van der Waals surface area contributed by atoms with Crippen LogP contribution < -0.4 is 11.1 Å². The summed E-state index contributed by atoms with van der Waals surface area (Å²) in [6.45, 7) is 6.29. The third-order valence-corrected chi connectivity index (χ3v) is 3.13. The van der Waals surface area contributed by atoms with Crippen molar-refractivity contribution in [1.82, 2.24) is 10.1 Å². The van der Waals surface area contributed by atoms with Gasteiger partial charge in [0.2, 0.25) is 0 Å². The molecule has 0 aromatic carbocycles. The van der Waals surface area contributed by atoms with Crippen molar-refractivity contribution in [2.24, 2.45) is 5.73 Å². The summed E-state index contributed by atoms with van der Waals surface area (Å²) in [7, 11) is 0. The molecule has 19 heavy (non-hydrogen) atoms. The molecule has 0 saturated heterocycles. The van der Waals surface area contributed by atoms with Crippen LogP contribution in [0.15, 0.2) is 16.7 Å². The van der Waals surface area contributed by atoms with E-state index in [-0.39, 0.29) is 0 Å². The van der Waals surface area contributed by atoms with Crippen molar-refractivity contribution in [2.45, 2.75) is 27.3 Å². The lowest BCUT2D eigenvalue weighted by molar-refractivity contribution is 0.392. The molecular formula is C13H16N4OS. The Hall–Kier alpha value is -1.95. The highest BCUT2D eigenvalue weighted by Crippen LogP contribution is 2.17. The minimum Gasteiger partial charge on any atom is -0.389 e. The highest BCUT2D eigenvalue weighted by molar-refractivity contribution is 7.80. The molecule has 2 heterocycles. The molecular weight excluding hydrogens is 260 g/mol. The Kier molecular flexibility index (Phi) is 3.80. The van der Waals surface area contributed by atoms with Crippen molar-refractivity contribution in [2.75, 3.05) is 5.32 Å². The van der Waals surface area contributed by atoms with Crippen LogP contribution in [0.5, 0.6) is 0 Å². The van der Waals surface area contributed by atoms with Crippen LogP contribution in [0.4, 0.5) is 5.82 Å². The van der Waals surface area contributed by atoms with Gasteiger partial charge in [0, 0.05) is 17.8 Å². The smallest absolute Gasteiger partial charge is 0.138 e. The number of rotatable bonds is 4. The Balaban J connectivity index is 2.24. The van der Waals surface area contributed by atoms with Crippen molar-refractivity contribution in [1.29, 1.82) is 0 Å². The lowest BCUT2D eigenvalue weighted by Crippen LogP contribution is -2.15. The molecule has 3 N–H and O–H groups in total. The predicted octanol–water partition coefficient (Wildman–Crippen LogP) is 2.24. The van der Waals surface area contributed by atoms with Crippen LogP contribution in [0.1, 0.15) is 28.3 Å². The summed E-state index contributed by atoms with van der Waals surface area (Å²) in [6, 6.07) is 3.76. The maximum Gasteiger partial charge on any atom is 0.138 e. The van der Waals surface area contributed by atoms with Gasteiger partial charge >= 0.3 is 0 Å². The van der Waals surface area contributed by atoms with Gasteiger partial charge in [0.25, 0.3) is 0 Å². The van der Waals surface area contributed by atoms with Crippen molar-refractivity contribution in [3.63, 3.8) is 0 Å². The minimum absolute atomic E-state index is 0.328. The van der Waals surface area contributed by atoms with Crippen LogP contribution in [0.25, 0.3) is 0 Å². The zero-order valence-electron chi connectivity index (χ0n) is 11.2. The van der Waals surface area contributed by atoms with Gasteiger partial charge in [-0.15, -0.1) is 0 Å². The average molecular weight is 276 g/mol. The first-order valence-electron chi connectivity index (χ1n) is 5.92. The zero-order chi connectivity index (χ0) is 14.0. The predicted molar refractivity (Wildman–Crippen MR) is 78.2 cm³/mol. The molecule has 0 aliphatic carbocycles. The first kappa shape index (κ1) is 13.5. The fraction of sp³-hybridized carbons (Fsp3) is 0.308. The van der Waals surface area contributed by atoms with Crippen molar-refractivity contribution in [3.8, 4) is 0 Å². The van der Waals surface area contributed by atoms with Crippen molar-refractivity contribution >= 4 is 23.0 Å². The van der Waals surface area contributed by atoms with Gasteiger partial charge in [0.15, 0.2) is 0 Å². The van der Waals surface area contributed by atoms with E-state index in [1.807, 2.05) is 32.9 Å². The number of anilines is 1. The molecule has 0 atom stereocenters. The summed E-state index contributed by atoms with van der Waals surface area (Å²) < 4.78 is 5.12. The van der Waals surface area contributed by atoms with Crippen LogP contribution in [-0.4, -0.2) is 15.1 Å². The summed E-state index contributed by atoms with van der Waals surface area (Å²) in [6.07, 6.45) is 0. The molecule has 6 heteroatoms. The second-order valence-electron chi connectivity index (χ2n) is 4.37. The third-order valence-electron chi connectivity index (χ3n) is 2.91. The van der Waals surface area contributed by atoms with Crippen molar-refractivity contribution in [3.05, 3.63) is 40.4 Å². The molecule has 0 fully saturated rings. The fourth-order valence-corrected chi connectivity index (χ4v) is 1.98. The van der Waals surface area contributed by atoms with E-state index in [2.05, 4.69) is 15.5 Å². The van der Waals surface area contributed by atoms with Crippen LogP contribution in [0.2, 0.25) is 0 Å². The van der Waals surface area contributed by atoms with E-state index in [9.17, 15) is 0 Å². The standard InChI is InChI=1S/C13H16N4OS/c1-7-4-5-10(12(14)19)13(16-7)15-6-11-8(2)17-18-9(11)3/h4-5H,6H2,1-3H3,(H2,14,19)(H,15,16). The lowest BCUT2D eigenvalue weighted by Gasteiger charge is -2.10. The molecule has 0 saturated carbocycles. The monoisotopic (exact) mass is 276 g/mol. The number of thiocarbonyl (C=S) groups is 1. The van der Waals surface area contributed by atoms with E-state index in [0.29, 0.717) is 17.4 Å². The summed E-state index contributed by atoms with van der Waals surface area (Å²) >= 11 is 5.03. The SMILES string of the molecule is Cc1ccc(C(N)=S)c(NCc2c(C)noc2C)n1. The molecule has 2 rings (SSSR count). The number of pyridine rings is 1. The number of hydrogen-bond donors (Lipinski definition) is 2. The van der Waals surface area contributed by atoms with Gasteiger partial charge in [-0.2, -0.15) is 0 Å². The van der Waals surface area contributed by atoms with Crippen LogP contribution in [0.3, 0.4) is 0 Å². The number of hydrogen-bond acceptors (Lipinski definition) is 5. The van der Waals surface area contributed by atoms with Gasteiger partial charge in [-0.25, -0.2) is 4.98 Å². The Morgan fingerprint density at radius 3 is 2.68 bits per heavy atom. The Morgan fingerprint density at radius 2 is 2.11 bits per heavy atom. The maximum absolute atomic E-state index is 5.69. The molecule has 0 spiro atoms. The summed E-state index contributed by atoms with van der Waals surface area (Å²) in [5.41, 5.74) is 9.24. The topological polar surface area (TPSA) is 77.0 Å². The second-order valence-corrected chi connectivity index (χ2v) is 4.81. The lowest BCUT2D eigenvalue weighted by atomic mass is 10.2. The zero-order valence-corrected chi connectivity index (χ0v) is 12.0. The van der Waals surface area contributed by atoms with E-state index >= 15 is 0 Å². The van der Waals surface area contributed by atoms with Gasteiger partial charge in [-0.05, 0) is 32.9 Å². The number of aryl methyl sites for hydroxylation is 3. The fourth-order valence-electron chi connectivity index (χ4n) is 1.82.